The van der Waals surface area contributed by atoms with Gasteiger partial charge in [0.15, 0.2) is 0 Å². The molecule has 0 aromatic carbocycles. The highest BCUT2D eigenvalue weighted by molar-refractivity contribution is 5.86. The Bertz CT molecular complexity index is 644. The molecule has 5 nitrogen and oxygen atoms in total. The Hall–Kier alpha value is -0.910. The van der Waals surface area contributed by atoms with E-state index < -0.39 is 11.9 Å². The van der Waals surface area contributed by atoms with Crippen LogP contribution in [-0.4, -0.2) is 41.8 Å². The fraction of sp³-hybridized carbons (Fsp3) is 0.857. The van der Waals surface area contributed by atoms with E-state index in [4.69, 9.17) is 9.47 Å². The number of ether oxygens (including phenoxy) is 2. The molecule has 26 heavy (non-hydrogen) atoms. The van der Waals surface area contributed by atoms with Crippen molar-refractivity contribution in [3.63, 3.8) is 0 Å². The Morgan fingerprint density at radius 2 is 2.08 bits per heavy atom. The third kappa shape index (κ3) is 2.23. The van der Waals surface area contributed by atoms with Crippen molar-refractivity contribution >= 4 is 5.97 Å². The van der Waals surface area contributed by atoms with Crippen LogP contribution < -0.4 is 0 Å². The maximum Gasteiger partial charge on any atom is 0.333 e. The van der Waals surface area contributed by atoms with E-state index in [1.165, 1.54) is 0 Å². The van der Waals surface area contributed by atoms with Crippen LogP contribution in [-0.2, 0) is 14.3 Å². The predicted molar refractivity (Wildman–Crippen MR) is 95.9 cm³/mol. The van der Waals surface area contributed by atoms with Crippen molar-refractivity contribution in [1.29, 1.82) is 0 Å². The Balaban J connectivity index is 1.78. The minimum absolute atomic E-state index is 0.0544. The Kier molecular flexibility index (Phi) is 4.11. The summed E-state index contributed by atoms with van der Waals surface area (Å²) in [7, 11) is 1.62. The van der Waals surface area contributed by atoms with Crippen LogP contribution in [0.4, 0.5) is 0 Å². The van der Waals surface area contributed by atoms with E-state index in [0.29, 0.717) is 24.7 Å². The summed E-state index contributed by atoms with van der Waals surface area (Å²) in [5.74, 6) is -0.482. The maximum atomic E-state index is 12.0. The highest BCUT2D eigenvalue weighted by Gasteiger charge is 2.65. The highest BCUT2D eigenvalue weighted by atomic mass is 16.7. The average Bonchev–Trinajstić information content (AvgIpc) is 2.93. The normalized spacial score (nSPS) is 53.2. The van der Waals surface area contributed by atoms with Crippen LogP contribution in [0.25, 0.3) is 0 Å². The fourth-order valence-corrected chi connectivity index (χ4v) is 7.37. The van der Waals surface area contributed by atoms with E-state index >= 15 is 0 Å². The second-order valence-electron chi connectivity index (χ2n) is 9.69. The van der Waals surface area contributed by atoms with Gasteiger partial charge >= 0.3 is 5.97 Å². The number of methoxy groups -OCH3 is 1. The van der Waals surface area contributed by atoms with E-state index in [9.17, 15) is 15.0 Å². The SMILES string of the molecule is CO[C@@]12C[C@H]3[C@@H](C[C@@H](O)[C@H]4[C@](C)(CO)CCC[C@]34C)[C@@H](C)C1=CC(=O)O2. The van der Waals surface area contributed by atoms with Crippen LogP contribution in [0.2, 0.25) is 0 Å². The van der Waals surface area contributed by atoms with Gasteiger partial charge in [0.1, 0.15) is 0 Å². The molecule has 0 aromatic heterocycles. The van der Waals surface area contributed by atoms with Gasteiger partial charge in [-0.2, -0.15) is 0 Å². The molecular weight excluding hydrogens is 332 g/mol. The molecule has 0 saturated heterocycles. The number of carbonyl (C=O) groups excluding carboxylic acids is 1. The predicted octanol–water partition coefficient (Wildman–Crippen LogP) is 2.65. The number of fused-ring (bicyclic) bond motifs is 4. The van der Waals surface area contributed by atoms with E-state index in [1.54, 1.807) is 13.2 Å². The van der Waals surface area contributed by atoms with Gasteiger partial charge in [0.2, 0.25) is 5.79 Å². The number of hydrogen-bond acceptors (Lipinski definition) is 5. The zero-order chi connectivity index (χ0) is 18.9. The van der Waals surface area contributed by atoms with Crippen molar-refractivity contribution in [1.82, 2.24) is 0 Å². The largest absolute Gasteiger partial charge is 0.426 e. The standard InChI is InChI=1S/C21H32O5/c1-12-13-8-16(23)18-19(2,11-22)6-5-7-20(18,3)15(13)10-21(25-4)14(12)9-17(24)26-21/h9,12-13,15-16,18,22-23H,5-8,10-11H2,1-4H3/t12-,13+,15+,16-,18+,19+,20-,21-/m1/s1. The molecule has 0 amide bonds. The first kappa shape index (κ1) is 18.5. The van der Waals surface area contributed by atoms with Gasteiger partial charge in [-0.3, -0.25) is 0 Å². The van der Waals surface area contributed by atoms with Gasteiger partial charge in [-0.1, -0.05) is 27.2 Å². The second-order valence-corrected chi connectivity index (χ2v) is 9.69. The second kappa shape index (κ2) is 5.79. The summed E-state index contributed by atoms with van der Waals surface area (Å²) >= 11 is 0. The molecule has 4 aliphatic rings. The molecule has 5 heteroatoms. The Morgan fingerprint density at radius 1 is 1.35 bits per heavy atom. The number of aliphatic hydroxyl groups is 2. The van der Waals surface area contributed by atoms with Crippen LogP contribution in [0.15, 0.2) is 11.6 Å². The summed E-state index contributed by atoms with van der Waals surface area (Å²) in [5, 5.41) is 21.3. The average molecular weight is 364 g/mol. The van der Waals surface area contributed by atoms with E-state index in [1.807, 2.05) is 0 Å². The monoisotopic (exact) mass is 364 g/mol. The summed E-state index contributed by atoms with van der Waals surface area (Å²) in [5.41, 5.74) is 0.572. The molecule has 2 N–H and O–H groups in total. The third-order valence-electron chi connectivity index (χ3n) is 8.48. The zero-order valence-corrected chi connectivity index (χ0v) is 16.3. The van der Waals surface area contributed by atoms with Crippen molar-refractivity contribution in [2.45, 2.75) is 64.8 Å². The lowest BCUT2D eigenvalue weighted by Crippen LogP contribution is -2.63. The minimum Gasteiger partial charge on any atom is -0.426 e. The highest BCUT2D eigenvalue weighted by Crippen LogP contribution is 2.66. The molecule has 0 unspecified atom stereocenters. The molecule has 0 radical (unpaired) electrons. The Labute approximate surface area is 155 Å². The lowest BCUT2D eigenvalue weighted by atomic mass is 9.42. The molecular formula is C21H32O5. The summed E-state index contributed by atoms with van der Waals surface area (Å²) in [4.78, 5) is 12.0. The lowest BCUT2D eigenvalue weighted by Gasteiger charge is -2.64. The maximum absolute atomic E-state index is 12.0. The quantitative estimate of drug-likeness (QED) is 0.737. The molecule has 3 fully saturated rings. The number of carbonyl (C=O) groups is 1. The topological polar surface area (TPSA) is 76.0 Å². The molecule has 146 valence electrons. The summed E-state index contributed by atoms with van der Waals surface area (Å²) in [6, 6.07) is 0. The first-order valence-corrected chi connectivity index (χ1v) is 10.00. The third-order valence-corrected chi connectivity index (χ3v) is 8.48. The number of esters is 1. The minimum atomic E-state index is -0.944. The first-order chi connectivity index (χ1) is 12.2. The van der Waals surface area contributed by atoms with Gasteiger partial charge in [-0.05, 0) is 53.8 Å². The van der Waals surface area contributed by atoms with E-state index in [0.717, 1.165) is 24.8 Å². The first-order valence-electron chi connectivity index (χ1n) is 10.00. The molecule has 0 aromatic rings. The summed E-state index contributed by atoms with van der Waals surface area (Å²) in [6.45, 7) is 6.65. The van der Waals surface area contributed by atoms with Gasteiger partial charge in [-0.25, -0.2) is 4.79 Å². The lowest BCUT2D eigenvalue weighted by molar-refractivity contribution is -0.247. The van der Waals surface area contributed by atoms with Crippen LogP contribution in [0.1, 0.15) is 52.9 Å². The van der Waals surface area contributed by atoms with Crippen molar-refractivity contribution in [3.05, 3.63) is 11.6 Å². The number of rotatable bonds is 2. The van der Waals surface area contributed by atoms with Crippen LogP contribution >= 0.6 is 0 Å². The molecule has 3 aliphatic carbocycles. The summed E-state index contributed by atoms with van der Waals surface area (Å²) in [6.07, 6.45) is 5.58. The van der Waals surface area contributed by atoms with Crippen LogP contribution in [0.5, 0.6) is 0 Å². The van der Waals surface area contributed by atoms with Crippen molar-refractivity contribution in [3.8, 4) is 0 Å². The van der Waals surface area contributed by atoms with Gasteiger partial charge < -0.3 is 19.7 Å². The fourth-order valence-electron chi connectivity index (χ4n) is 7.37. The number of hydrogen-bond donors (Lipinski definition) is 2. The van der Waals surface area contributed by atoms with Crippen molar-refractivity contribution in [2.24, 2.45) is 34.5 Å². The molecule has 1 aliphatic heterocycles. The van der Waals surface area contributed by atoms with Gasteiger partial charge in [-0.15, -0.1) is 0 Å². The smallest absolute Gasteiger partial charge is 0.333 e. The van der Waals surface area contributed by atoms with Crippen molar-refractivity contribution < 1.29 is 24.5 Å². The molecule has 4 rings (SSSR count). The zero-order valence-electron chi connectivity index (χ0n) is 16.3. The Morgan fingerprint density at radius 3 is 2.73 bits per heavy atom. The van der Waals surface area contributed by atoms with Gasteiger partial charge in [0.25, 0.3) is 0 Å². The molecule has 0 bridgehead atoms. The molecule has 1 heterocycles. The summed E-state index contributed by atoms with van der Waals surface area (Å²) < 4.78 is 11.5. The van der Waals surface area contributed by atoms with Crippen molar-refractivity contribution in [2.75, 3.05) is 13.7 Å². The van der Waals surface area contributed by atoms with Gasteiger partial charge in [0, 0.05) is 31.8 Å². The van der Waals surface area contributed by atoms with E-state index in [-0.39, 0.29) is 35.2 Å². The molecule has 0 spiro atoms. The van der Waals surface area contributed by atoms with Gasteiger partial charge in [0.05, 0.1) is 6.10 Å². The molecule has 3 saturated carbocycles. The van der Waals surface area contributed by atoms with Crippen LogP contribution in [0, 0.1) is 34.5 Å². The van der Waals surface area contributed by atoms with Crippen LogP contribution in [0.3, 0.4) is 0 Å². The van der Waals surface area contributed by atoms with E-state index in [2.05, 4.69) is 20.8 Å². The number of aliphatic hydroxyl groups excluding tert-OH is 2. The molecule has 8 atom stereocenters.